The van der Waals surface area contributed by atoms with E-state index in [1.54, 1.807) is 12.3 Å². The topological polar surface area (TPSA) is 84.5 Å². The van der Waals surface area contributed by atoms with E-state index in [2.05, 4.69) is 14.8 Å². The number of ether oxygens (including phenoxy) is 1. The number of methoxy groups -OCH3 is 1. The van der Waals surface area contributed by atoms with Gasteiger partial charge in [0, 0.05) is 6.04 Å². The Morgan fingerprint density at radius 2 is 2.27 bits per heavy atom. The first kappa shape index (κ1) is 17.4. The van der Waals surface area contributed by atoms with Crippen LogP contribution >= 0.6 is 11.3 Å². The minimum Gasteiger partial charge on any atom is -0.465 e. The number of carbonyl (C=O) groups is 1. The number of piperidine rings is 1. The normalized spacial score (nSPS) is 20.6. The maximum absolute atomic E-state index is 12.7. The van der Waals surface area contributed by atoms with E-state index in [4.69, 9.17) is 0 Å². The van der Waals surface area contributed by atoms with Gasteiger partial charge in [0.25, 0.3) is 0 Å². The van der Waals surface area contributed by atoms with E-state index in [1.165, 1.54) is 7.11 Å². The van der Waals surface area contributed by atoms with Gasteiger partial charge in [-0.2, -0.15) is 0 Å². The first-order valence-corrected chi connectivity index (χ1v) is 9.62. The molecule has 1 aliphatic rings. The number of hydrogen-bond acceptors (Lipinski definition) is 6. The summed E-state index contributed by atoms with van der Waals surface area (Å²) in [4.78, 5) is 11.9. The third-order valence-corrected chi connectivity index (χ3v) is 6.89. The number of thiophene rings is 1. The molecule has 1 aromatic heterocycles. The van der Waals surface area contributed by atoms with Crippen molar-refractivity contribution < 1.29 is 17.9 Å². The zero-order chi connectivity index (χ0) is 16.3. The first-order valence-electron chi connectivity index (χ1n) is 7.26. The molecule has 1 fully saturated rings. The zero-order valence-corrected chi connectivity index (χ0v) is 14.6. The Morgan fingerprint density at radius 3 is 2.86 bits per heavy atom. The van der Waals surface area contributed by atoms with E-state index >= 15 is 0 Å². The highest BCUT2D eigenvalue weighted by Gasteiger charge is 2.31. The molecule has 1 aromatic rings. The Labute approximate surface area is 135 Å². The predicted octanol–water partition coefficient (Wildman–Crippen LogP) is 1.51. The number of aryl methyl sites for hydroxylation is 1. The molecule has 2 heterocycles. The fraction of sp³-hybridized carbons (Fsp3) is 0.643. The molecular weight excluding hydrogens is 324 g/mol. The largest absolute Gasteiger partial charge is 0.465 e. The molecule has 0 amide bonds. The number of carbonyl (C=O) groups excluding carboxylic acids is 1. The van der Waals surface area contributed by atoms with Crippen LogP contribution in [0.4, 0.5) is 0 Å². The molecule has 1 saturated heterocycles. The SMILES string of the molecule is COC(=O)c1scc(C)c1S(=O)(=O)NC(C)C1CCCNC1. The lowest BCUT2D eigenvalue weighted by Gasteiger charge is -2.28. The van der Waals surface area contributed by atoms with Crippen molar-refractivity contribution in [3.8, 4) is 0 Å². The first-order chi connectivity index (χ1) is 10.4. The molecule has 22 heavy (non-hydrogen) atoms. The summed E-state index contributed by atoms with van der Waals surface area (Å²) in [6.45, 7) is 5.33. The molecule has 0 radical (unpaired) electrons. The van der Waals surface area contributed by atoms with Crippen LogP contribution in [0.3, 0.4) is 0 Å². The molecule has 2 unspecified atom stereocenters. The Bertz CT molecular complexity index is 633. The van der Waals surface area contributed by atoms with Crippen molar-refractivity contribution in [2.24, 2.45) is 5.92 Å². The van der Waals surface area contributed by atoms with Crippen LogP contribution in [-0.4, -0.2) is 40.6 Å². The summed E-state index contributed by atoms with van der Waals surface area (Å²) in [5.41, 5.74) is 0.562. The number of nitrogens with one attached hydrogen (secondary N) is 2. The molecule has 2 rings (SSSR count). The van der Waals surface area contributed by atoms with E-state index in [-0.39, 0.29) is 21.7 Å². The van der Waals surface area contributed by atoms with Gasteiger partial charge in [-0.25, -0.2) is 17.9 Å². The average molecular weight is 346 g/mol. The second-order valence-corrected chi connectivity index (χ2v) is 8.12. The van der Waals surface area contributed by atoms with Crippen LogP contribution in [0, 0.1) is 12.8 Å². The summed E-state index contributed by atoms with van der Waals surface area (Å²) in [5.74, 6) is -0.366. The third kappa shape index (κ3) is 3.68. The van der Waals surface area contributed by atoms with E-state index in [1.807, 2.05) is 6.92 Å². The van der Waals surface area contributed by atoms with E-state index in [0.29, 0.717) is 5.56 Å². The highest BCUT2D eigenvalue weighted by Crippen LogP contribution is 2.28. The quantitative estimate of drug-likeness (QED) is 0.790. The Kier molecular flexibility index (Phi) is 5.60. The van der Waals surface area contributed by atoms with Crippen molar-refractivity contribution in [1.82, 2.24) is 10.0 Å². The summed E-state index contributed by atoms with van der Waals surface area (Å²) in [6, 6.07) is -0.192. The van der Waals surface area contributed by atoms with Crippen LogP contribution in [0.15, 0.2) is 10.3 Å². The van der Waals surface area contributed by atoms with Gasteiger partial charge in [-0.1, -0.05) is 0 Å². The van der Waals surface area contributed by atoms with Gasteiger partial charge in [0.2, 0.25) is 10.0 Å². The highest BCUT2D eigenvalue weighted by atomic mass is 32.2. The zero-order valence-electron chi connectivity index (χ0n) is 13.0. The standard InChI is InChI=1S/C14H22N2O4S2/c1-9-8-21-12(14(17)20-3)13(9)22(18,19)16-10(2)11-5-4-6-15-7-11/h8,10-11,15-16H,4-7H2,1-3H3. The lowest BCUT2D eigenvalue weighted by atomic mass is 9.94. The second kappa shape index (κ2) is 7.08. The maximum atomic E-state index is 12.7. The Balaban J connectivity index is 2.23. The summed E-state index contributed by atoms with van der Waals surface area (Å²) in [5, 5.41) is 4.94. The Morgan fingerprint density at radius 1 is 1.55 bits per heavy atom. The van der Waals surface area contributed by atoms with Gasteiger partial charge >= 0.3 is 5.97 Å². The number of hydrogen-bond donors (Lipinski definition) is 2. The van der Waals surface area contributed by atoms with Crippen molar-refractivity contribution >= 4 is 27.3 Å². The van der Waals surface area contributed by atoms with Gasteiger partial charge in [-0.3, -0.25) is 0 Å². The van der Waals surface area contributed by atoms with Gasteiger partial charge in [0.1, 0.15) is 9.77 Å². The molecule has 2 N–H and O–H groups in total. The van der Waals surface area contributed by atoms with Crippen molar-refractivity contribution in [1.29, 1.82) is 0 Å². The van der Waals surface area contributed by atoms with Crippen LogP contribution in [0.2, 0.25) is 0 Å². The molecule has 0 aliphatic carbocycles. The van der Waals surface area contributed by atoms with E-state index in [0.717, 1.165) is 37.3 Å². The van der Waals surface area contributed by atoms with Crippen molar-refractivity contribution in [2.45, 2.75) is 37.6 Å². The molecule has 0 aromatic carbocycles. The number of rotatable bonds is 5. The summed E-state index contributed by atoms with van der Waals surface area (Å²) < 4.78 is 32.7. The predicted molar refractivity (Wildman–Crippen MR) is 85.8 cm³/mol. The van der Waals surface area contributed by atoms with E-state index in [9.17, 15) is 13.2 Å². The lowest BCUT2D eigenvalue weighted by Crippen LogP contribution is -2.44. The minimum atomic E-state index is -3.75. The van der Waals surface area contributed by atoms with Gasteiger partial charge < -0.3 is 10.1 Å². The molecule has 8 heteroatoms. The molecule has 2 atom stereocenters. The molecule has 0 bridgehead atoms. The summed E-state index contributed by atoms with van der Waals surface area (Å²) in [6.07, 6.45) is 2.03. The third-order valence-electron chi connectivity index (χ3n) is 3.94. The fourth-order valence-corrected chi connectivity index (χ4v) is 5.72. The minimum absolute atomic E-state index is 0.0416. The lowest BCUT2D eigenvalue weighted by molar-refractivity contribution is 0.0602. The number of sulfonamides is 1. The van der Waals surface area contributed by atoms with Gasteiger partial charge in [-0.05, 0) is 56.6 Å². The maximum Gasteiger partial charge on any atom is 0.349 e. The van der Waals surface area contributed by atoms with Crippen molar-refractivity contribution in [3.63, 3.8) is 0 Å². The Hall–Kier alpha value is -0.960. The van der Waals surface area contributed by atoms with Gasteiger partial charge in [0.15, 0.2) is 0 Å². The van der Waals surface area contributed by atoms with Crippen LogP contribution in [0.5, 0.6) is 0 Å². The molecule has 124 valence electrons. The molecule has 0 spiro atoms. The molecule has 1 aliphatic heterocycles. The van der Waals surface area contributed by atoms with Crippen molar-refractivity contribution in [3.05, 3.63) is 15.8 Å². The van der Waals surface area contributed by atoms with Gasteiger partial charge in [-0.15, -0.1) is 11.3 Å². The molecule has 0 saturated carbocycles. The summed E-state index contributed by atoms with van der Waals surface area (Å²) >= 11 is 1.09. The second-order valence-electron chi connectivity index (χ2n) is 5.58. The van der Waals surface area contributed by atoms with Gasteiger partial charge in [0.05, 0.1) is 7.11 Å². The van der Waals surface area contributed by atoms with Crippen LogP contribution < -0.4 is 10.0 Å². The molecular formula is C14H22N2O4S2. The average Bonchev–Trinajstić information content (AvgIpc) is 2.89. The molecule has 6 nitrogen and oxygen atoms in total. The number of esters is 1. The van der Waals surface area contributed by atoms with Crippen LogP contribution in [0.1, 0.15) is 35.0 Å². The monoisotopic (exact) mass is 346 g/mol. The van der Waals surface area contributed by atoms with Crippen LogP contribution in [0.25, 0.3) is 0 Å². The van der Waals surface area contributed by atoms with Crippen LogP contribution in [-0.2, 0) is 14.8 Å². The smallest absolute Gasteiger partial charge is 0.349 e. The highest BCUT2D eigenvalue weighted by molar-refractivity contribution is 7.89. The van der Waals surface area contributed by atoms with Crippen molar-refractivity contribution in [2.75, 3.05) is 20.2 Å². The van der Waals surface area contributed by atoms with E-state index < -0.39 is 16.0 Å². The summed E-state index contributed by atoms with van der Waals surface area (Å²) in [7, 11) is -2.50. The fourth-order valence-electron chi connectivity index (χ4n) is 2.71.